The lowest BCUT2D eigenvalue weighted by atomic mass is 10.1. The number of carbonyl (C=O) groups is 2. The molecule has 3 aromatic rings. The van der Waals surface area contributed by atoms with Gasteiger partial charge in [-0.3, -0.25) is 4.79 Å². The van der Waals surface area contributed by atoms with Crippen molar-refractivity contribution in [3.05, 3.63) is 83.4 Å². The number of ketones is 1. The molecule has 170 valence electrons. The summed E-state index contributed by atoms with van der Waals surface area (Å²) in [7, 11) is 5.98. The van der Waals surface area contributed by atoms with Crippen molar-refractivity contribution >= 4 is 17.8 Å². The van der Waals surface area contributed by atoms with Crippen molar-refractivity contribution in [3.63, 3.8) is 0 Å². The molecule has 0 saturated heterocycles. The molecule has 0 aliphatic rings. The average molecular weight is 448 g/mol. The van der Waals surface area contributed by atoms with Crippen molar-refractivity contribution in [1.82, 2.24) is 0 Å². The van der Waals surface area contributed by atoms with Crippen LogP contribution in [0, 0.1) is 0 Å². The molecule has 0 bridgehead atoms. The summed E-state index contributed by atoms with van der Waals surface area (Å²) in [6.45, 7) is 0. The van der Waals surface area contributed by atoms with Crippen LogP contribution in [0.4, 0.5) is 0 Å². The molecule has 0 heterocycles. The lowest BCUT2D eigenvalue weighted by Gasteiger charge is -2.12. The number of esters is 1. The zero-order chi connectivity index (χ0) is 23.8. The molecule has 0 aliphatic carbocycles. The van der Waals surface area contributed by atoms with Gasteiger partial charge in [0, 0.05) is 6.07 Å². The topological polar surface area (TPSA) is 80.3 Å². The number of hydrogen-bond acceptors (Lipinski definition) is 7. The fourth-order valence-corrected chi connectivity index (χ4v) is 3.12. The normalized spacial score (nSPS) is 10.5. The molecule has 0 saturated carbocycles. The first-order chi connectivity index (χ1) is 16.0. The summed E-state index contributed by atoms with van der Waals surface area (Å²) in [6.07, 6.45) is 3.12. The van der Waals surface area contributed by atoms with E-state index in [-0.39, 0.29) is 11.3 Å². The third kappa shape index (κ3) is 5.51. The van der Waals surface area contributed by atoms with Gasteiger partial charge in [0.25, 0.3) is 0 Å². The van der Waals surface area contributed by atoms with Crippen LogP contribution in [0.1, 0.15) is 26.3 Å². The van der Waals surface area contributed by atoms with E-state index in [9.17, 15) is 9.59 Å². The van der Waals surface area contributed by atoms with Crippen LogP contribution in [0.3, 0.4) is 0 Å². The predicted molar refractivity (Wildman–Crippen MR) is 124 cm³/mol. The van der Waals surface area contributed by atoms with E-state index < -0.39 is 5.97 Å². The van der Waals surface area contributed by atoms with Gasteiger partial charge in [-0.25, -0.2) is 4.79 Å². The van der Waals surface area contributed by atoms with Gasteiger partial charge in [-0.15, -0.1) is 0 Å². The third-order valence-electron chi connectivity index (χ3n) is 4.82. The molecular formula is C26H24O7. The van der Waals surface area contributed by atoms with Crippen LogP contribution in [0.25, 0.3) is 6.08 Å². The van der Waals surface area contributed by atoms with E-state index in [1.54, 1.807) is 73.8 Å². The molecule has 0 aliphatic heterocycles. The van der Waals surface area contributed by atoms with Gasteiger partial charge in [0.1, 0.15) is 34.3 Å². The number of rotatable bonds is 9. The summed E-state index contributed by atoms with van der Waals surface area (Å²) < 4.78 is 26.4. The Morgan fingerprint density at radius 1 is 0.697 bits per heavy atom. The van der Waals surface area contributed by atoms with Crippen LogP contribution < -0.4 is 23.7 Å². The molecule has 3 aromatic carbocycles. The first kappa shape index (κ1) is 23.4. The first-order valence-corrected chi connectivity index (χ1v) is 9.98. The van der Waals surface area contributed by atoms with E-state index >= 15 is 0 Å². The third-order valence-corrected chi connectivity index (χ3v) is 4.82. The largest absolute Gasteiger partial charge is 0.497 e. The van der Waals surface area contributed by atoms with E-state index in [0.717, 1.165) is 5.56 Å². The lowest BCUT2D eigenvalue weighted by molar-refractivity contribution is 0.0727. The maximum absolute atomic E-state index is 12.7. The van der Waals surface area contributed by atoms with Crippen molar-refractivity contribution in [2.45, 2.75) is 0 Å². The Morgan fingerprint density at radius 2 is 1.30 bits per heavy atom. The lowest BCUT2D eigenvalue weighted by Crippen LogP contribution is -2.11. The number of carbonyl (C=O) groups excluding carboxylic acids is 2. The van der Waals surface area contributed by atoms with Gasteiger partial charge in [-0.05, 0) is 48.0 Å². The average Bonchev–Trinajstić information content (AvgIpc) is 2.86. The molecule has 0 atom stereocenters. The highest BCUT2D eigenvalue weighted by atomic mass is 16.5. The molecule has 0 N–H and O–H groups in total. The van der Waals surface area contributed by atoms with E-state index in [1.807, 2.05) is 0 Å². The van der Waals surface area contributed by atoms with Gasteiger partial charge in [0.2, 0.25) is 0 Å². The summed E-state index contributed by atoms with van der Waals surface area (Å²) in [5, 5.41) is 0. The van der Waals surface area contributed by atoms with Gasteiger partial charge < -0.3 is 23.7 Å². The molecule has 33 heavy (non-hydrogen) atoms. The maximum atomic E-state index is 12.7. The molecule has 3 rings (SSSR count). The van der Waals surface area contributed by atoms with E-state index in [4.69, 9.17) is 23.7 Å². The highest BCUT2D eigenvalue weighted by Crippen LogP contribution is 2.30. The summed E-state index contributed by atoms with van der Waals surface area (Å²) in [5.41, 5.74) is 1.38. The van der Waals surface area contributed by atoms with E-state index in [1.165, 1.54) is 27.4 Å². The van der Waals surface area contributed by atoms with E-state index in [0.29, 0.717) is 34.3 Å². The molecule has 0 aromatic heterocycles. The Labute approximate surface area is 192 Å². The number of ether oxygens (including phenoxy) is 5. The smallest absolute Gasteiger partial charge is 0.351 e. The quantitative estimate of drug-likeness (QED) is 0.201. The molecule has 0 spiro atoms. The molecule has 0 unspecified atom stereocenters. The van der Waals surface area contributed by atoms with Crippen LogP contribution in [0.15, 0.2) is 66.7 Å². The SMILES string of the molecule is COc1ccc(C(=O)C=Cc2ccc(OC(=O)c3c(OC)cccc3OC)cc2)c(OC)c1. The maximum Gasteiger partial charge on any atom is 0.351 e. The van der Waals surface area contributed by atoms with Gasteiger partial charge in [-0.2, -0.15) is 0 Å². The highest BCUT2D eigenvalue weighted by Gasteiger charge is 2.20. The van der Waals surface area contributed by atoms with Crippen LogP contribution in [0.2, 0.25) is 0 Å². The fraction of sp³-hybridized carbons (Fsp3) is 0.154. The molecule has 0 amide bonds. The minimum atomic E-state index is -0.602. The fourth-order valence-electron chi connectivity index (χ4n) is 3.12. The van der Waals surface area contributed by atoms with Crippen molar-refractivity contribution in [3.8, 4) is 28.7 Å². The second-order valence-electron chi connectivity index (χ2n) is 6.76. The van der Waals surface area contributed by atoms with Gasteiger partial charge in [-0.1, -0.05) is 24.3 Å². The van der Waals surface area contributed by atoms with Crippen LogP contribution in [-0.4, -0.2) is 40.2 Å². The Hall–Kier alpha value is -4.26. The highest BCUT2D eigenvalue weighted by molar-refractivity contribution is 6.08. The van der Waals surface area contributed by atoms with Gasteiger partial charge in [0.15, 0.2) is 5.78 Å². The van der Waals surface area contributed by atoms with Gasteiger partial charge >= 0.3 is 5.97 Å². The molecule has 0 fully saturated rings. The summed E-state index contributed by atoms with van der Waals surface area (Å²) >= 11 is 0. The Kier molecular flexibility index (Phi) is 7.70. The van der Waals surface area contributed by atoms with Crippen molar-refractivity contribution in [2.75, 3.05) is 28.4 Å². The summed E-state index contributed by atoms with van der Waals surface area (Å²) in [6, 6.07) is 16.8. The first-order valence-electron chi connectivity index (χ1n) is 9.98. The Bertz CT molecular complexity index is 1140. The van der Waals surface area contributed by atoms with Crippen LogP contribution >= 0.6 is 0 Å². The van der Waals surface area contributed by atoms with E-state index in [2.05, 4.69) is 0 Å². The minimum Gasteiger partial charge on any atom is -0.497 e. The molecular weight excluding hydrogens is 424 g/mol. The minimum absolute atomic E-state index is 0.200. The predicted octanol–water partition coefficient (Wildman–Crippen LogP) is 4.84. The molecule has 7 nitrogen and oxygen atoms in total. The van der Waals surface area contributed by atoms with Crippen LogP contribution in [-0.2, 0) is 0 Å². The van der Waals surface area contributed by atoms with Crippen molar-refractivity contribution in [1.29, 1.82) is 0 Å². The number of hydrogen-bond donors (Lipinski definition) is 0. The summed E-state index contributed by atoms with van der Waals surface area (Å²) in [4.78, 5) is 25.3. The number of methoxy groups -OCH3 is 4. The number of benzene rings is 3. The standard InChI is InChI=1S/C26H24O7/c1-29-19-13-14-20(24(16-19)32-4)21(27)15-10-17-8-11-18(12-9-17)33-26(28)25-22(30-2)6-5-7-23(25)31-3/h5-16H,1-4H3. The van der Waals surface area contributed by atoms with Crippen LogP contribution in [0.5, 0.6) is 28.7 Å². The Morgan fingerprint density at radius 3 is 1.88 bits per heavy atom. The Balaban J connectivity index is 1.72. The number of allylic oxidation sites excluding steroid dienone is 1. The zero-order valence-electron chi connectivity index (χ0n) is 18.8. The van der Waals surface area contributed by atoms with Gasteiger partial charge in [0.05, 0.1) is 34.0 Å². The van der Waals surface area contributed by atoms with Crippen molar-refractivity contribution in [2.24, 2.45) is 0 Å². The molecule has 7 heteroatoms. The zero-order valence-corrected chi connectivity index (χ0v) is 18.8. The second-order valence-corrected chi connectivity index (χ2v) is 6.76. The second kappa shape index (κ2) is 10.9. The monoisotopic (exact) mass is 448 g/mol. The summed E-state index contributed by atoms with van der Waals surface area (Å²) in [5.74, 6) is 1.26. The molecule has 0 radical (unpaired) electrons. The van der Waals surface area contributed by atoms with Crippen molar-refractivity contribution < 1.29 is 33.3 Å².